The summed E-state index contributed by atoms with van der Waals surface area (Å²) in [6, 6.07) is 4.77. The Morgan fingerprint density at radius 3 is 2.57 bits per heavy atom. The van der Waals surface area contributed by atoms with Crippen LogP contribution in [0.5, 0.6) is 11.5 Å². The van der Waals surface area contributed by atoms with Crippen molar-refractivity contribution in [1.82, 2.24) is 10.2 Å². The number of carbonyl (C=O) groups is 2. The van der Waals surface area contributed by atoms with Crippen LogP contribution in [0.15, 0.2) is 36.6 Å². The molecule has 110 valence electrons. The van der Waals surface area contributed by atoms with Crippen LogP contribution in [0.25, 0.3) is 6.08 Å². The molecule has 1 aliphatic rings. The second-order valence-electron chi connectivity index (χ2n) is 4.31. The molecule has 0 spiro atoms. The van der Waals surface area contributed by atoms with Crippen molar-refractivity contribution in [2.45, 2.75) is 0 Å². The van der Waals surface area contributed by atoms with Gasteiger partial charge < -0.3 is 14.8 Å². The Hall–Kier alpha value is -2.76. The molecule has 1 saturated heterocycles. The summed E-state index contributed by atoms with van der Waals surface area (Å²) < 4.78 is 10.3. The highest BCUT2D eigenvalue weighted by molar-refractivity contribution is 6.14. The average Bonchev–Trinajstić information content (AvgIpc) is 2.75. The second kappa shape index (κ2) is 6.13. The average molecular weight is 288 g/mol. The van der Waals surface area contributed by atoms with Crippen LogP contribution in [0.2, 0.25) is 0 Å². The van der Waals surface area contributed by atoms with E-state index in [9.17, 15) is 9.59 Å². The number of methoxy groups -OCH3 is 2. The molecule has 0 radical (unpaired) electrons. The fourth-order valence-electron chi connectivity index (χ4n) is 1.98. The highest BCUT2D eigenvalue weighted by Gasteiger charge is 2.32. The summed E-state index contributed by atoms with van der Waals surface area (Å²) in [4.78, 5) is 24.8. The molecule has 0 atom stereocenters. The summed E-state index contributed by atoms with van der Waals surface area (Å²) in [5.74, 6) is 0.760. The lowest BCUT2D eigenvalue weighted by Gasteiger charge is -2.08. The predicted molar refractivity (Wildman–Crippen MR) is 78.0 cm³/mol. The smallest absolute Gasteiger partial charge is 0.329 e. The van der Waals surface area contributed by atoms with Crippen molar-refractivity contribution in [3.8, 4) is 11.5 Å². The summed E-state index contributed by atoms with van der Waals surface area (Å²) in [7, 11) is 3.08. The van der Waals surface area contributed by atoms with E-state index < -0.39 is 6.03 Å². The van der Waals surface area contributed by atoms with Gasteiger partial charge >= 0.3 is 6.03 Å². The zero-order valence-electron chi connectivity index (χ0n) is 11.9. The molecule has 0 aliphatic carbocycles. The van der Waals surface area contributed by atoms with Crippen LogP contribution in [0.4, 0.5) is 4.79 Å². The first-order valence-electron chi connectivity index (χ1n) is 6.28. The van der Waals surface area contributed by atoms with Gasteiger partial charge in [-0.2, -0.15) is 0 Å². The van der Waals surface area contributed by atoms with Crippen molar-refractivity contribution in [3.05, 3.63) is 42.1 Å². The number of benzene rings is 1. The molecule has 6 nitrogen and oxygen atoms in total. The fraction of sp³-hybridized carbons (Fsp3) is 0.200. The predicted octanol–water partition coefficient (Wildman–Crippen LogP) is 1.78. The first kappa shape index (κ1) is 14.6. The lowest BCUT2D eigenvalue weighted by atomic mass is 10.1. The van der Waals surface area contributed by atoms with E-state index in [0.717, 1.165) is 10.5 Å². The van der Waals surface area contributed by atoms with Crippen molar-refractivity contribution < 1.29 is 19.1 Å². The largest absolute Gasteiger partial charge is 0.493 e. The zero-order chi connectivity index (χ0) is 15.4. The number of nitrogens with zero attached hydrogens (tertiary/aromatic N) is 1. The summed E-state index contributed by atoms with van der Waals surface area (Å²) in [5, 5.41) is 2.53. The van der Waals surface area contributed by atoms with Gasteiger partial charge in [-0.05, 0) is 23.8 Å². The number of urea groups is 1. The third-order valence-corrected chi connectivity index (χ3v) is 2.99. The van der Waals surface area contributed by atoms with Crippen LogP contribution < -0.4 is 14.8 Å². The van der Waals surface area contributed by atoms with Crippen molar-refractivity contribution in [2.24, 2.45) is 0 Å². The van der Waals surface area contributed by atoms with Crippen molar-refractivity contribution >= 4 is 18.0 Å². The van der Waals surface area contributed by atoms with Gasteiger partial charge in [0.15, 0.2) is 11.5 Å². The maximum absolute atomic E-state index is 12.1. The molecule has 0 bridgehead atoms. The van der Waals surface area contributed by atoms with E-state index in [-0.39, 0.29) is 18.1 Å². The molecule has 1 aliphatic heterocycles. The molecule has 0 aromatic heterocycles. The van der Waals surface area contributed by atoms with Crippen LogP contribution in [-0.2, 0) is 4.79 Å². The highest BCUT2D eigenvalue weighted by Crippen LogP contribution is 2.28. The Kier molecular flexibility index (Phi) is 4.27. The van der Waals surface area contributed by atoms with E-state index in [4.69, 9.17) is 9.47 Å². The van der Waals surface area contributed by atoms with Crippen molar-refractivity contribution in [3.63, 3.8) is 0 Å². The number of hydrogen-bond acceptors (Lipinski definition) is 4. The van der Waals surface area contributed by atoms with E-state index >= 15 is 0 Å². The van der Waals surface area contributed by atoms with E-state index in [1.54, 1.807) is 31.4 Å². The first-order chi connectivity index (χ1) is 10.1. The minimum absolute atomic E-state index is 0.175. The number of ether oxygens (including phenoxy) is 2. The number of nitrogens with one attached hydrogen (secondary N) is 1. The Morgan fingerprint density at radius 1 is 1.24 bits per heavy atom. The van der Waals surface area contributed by atoms with Crippen LogP contribution in [-0.4, -0.2) is 37.6 Å². The normalized spacial score (nSPS) is 16.1. The minimum Gasteiger partial charge on any atom is -0.493 e. The third kappa shape index (κ3) is 2.89. The molecular formula is C15H16N2O4. The quantitative estimate of drug-likeness (QED) is 0.509. The highest BCUT2D eigenvalue weighted by atomic mass is 16.5. The van der Waals surface area contributed by atoms with Crippen LogP contribution >= 0.6 is 0 Å². The van der Waals surface area contributed by atoms with Crippen molar-refractivity contribution in [1.29, 1.82) is 0 Å². The van der Waals surface area contributed by atoms with Crippen LogP contribution in [0.1, 0.15) is 5.56 Å². The molecule has 0 saturated carbocycles. The molecule has 3 amide bonds. The van der Waals surface area contributed by atoms with Gasteiger partial charge in [0.25, 0.3) is 5.91 Å². The molecule has 1 aromatic carbocycles. The Balaban J connectivity index is 2.30. The molecule has 21 heavy (non-hydrogen) atoms. The van der Waals surface area contributed by atoms with Gasteiger partial charge in [0.1, 0.15) is 5.70 Å². The summed E-state index contributed by atoms with van der Waals surface area (Å²) in [5.41, 5.74) is 0.936. The van der Waals surface area contributed by atoms with Gasteiger partial charge in [0.2, 0.25) is 0 Å². The van der Waals surface area contributed by atoms with Crippen LogP contribution in [0.3, 0.4) is 0 Å². The lowest BCUT2D eigenvalue weighted by molar-refractivity contribution is -0.122. The Morgan fingerprint density at radius 2 is 1.95 bits per heavy atom. The lowest BCUT2D eigenvalue weighted by Crippen LogP contribution is -2.30. The molecule has 1 fully saturated rings. The van der Waals surface area contributed by atoms with E-state index in [1.807, 2.05) is 0 Å². The monoisotopic (exact) mass is 288 g/mol. The van der Waals surface area contributed by atoms with Gasteiger partial charge in [0, 0.05) is 6.54 Å². The van der Waals surface area contributed by atoms with Crippen molar-refractivity contribution in [2.75, 3.05) is 20.8 Å². The van der Waals surface area contributed by atoms with Gasteiger partial charge in [-0.1, -0.05) is 12.1 Å². The van der Waals surface area contributed by atoms with Gasteiger partial charge in [-0.15, -0.1) is 6.58 Å². The SMILES string of the molecule is C=CCN1C(=O)N/C(=C/c2ccc(OC)c(OC)c2)C1=O. The van der Waals surface area contributed by atoms with Gasteiger partial charge in [0.05, 0.1) is 14.2 Å². The topological polar surface area (TPSA) is 67.9 Å². The van der Waals surface area contributed by atoms with Gasteiger partial charge in [-0.25, -0.2) is 4.79 Å². The summed E-state index contributed by atoms with van der Waals surface area (Å²) >= 11 is 0. The molecule has 0 unspecified atom stereocenters. The standard InChI is InChI=1S/C15H16N2O4/c1-4-7-17-14(18)11(16-15(17)19)8-10-5-6-12(20-2)13(9-10)21-3/h4-6,8-9H,1,7H2,2-3H3,(H,16,19)/b11-8+. The number of amides is 3. The third-order valence-electron chi connectivity index (χ3n) is 2.99. The number of rotatable bonds is 5. The molecule has 1 N–H and O–H groups in total. The summed E-state index contributed by atoms with van der Waals surface area (Å²) in [6.07, 6.45) is 3.09. The summed E-state index contributed by atoms with van der Waals surface area (Å²) in [6.45, 7) is 3.69. The number of hydrogen-bond donors (Lipinski definition) is 1. The maximum atomic E-state index is 12.1. The molecular weight excluding hydrogens is 272 g/mol. The first-order valence-corrected chi connectivity index (χ1v) is 6.28. The zero-order valence-corrected chi connectivity index (χ0v) is 11.9. The molecule has 2 rings (SSSR count). The van der Waals surface area contributed by atoms with Crippen LogP contribution in [0, 0.1) is 0 Å². The Labute approximate surface area is 122 Å². The minimum atomic E-state index is -0.452. The second-order valence-corrected chi connectivity index (χ2v) is 4.31. The number of carbonyl (C=O) groups excluding carboxylic acids is 2. The molecule has 6 heteroatoms. The maximum Gasteiger partial charge on any atom is 0.329 e. The van der Waals surface area contributed by atoms with E-state index in [0.29, 0.717) is 11.5 Å². The fourth-order valence-corrected chi connectivity index (χ4v) is 1.98. The Bertz CT molecular complexity index is 622. The number of imide groups is 1. The van der Waals surface area contributed by atoms with E-state index in [2.05, 4.69) is 11.9 Å². The molecule has 1 aromatic rings. The van der Waals surface area contributed by atoms with E-state index in [1.165, 1.54) is 13.2 Å². The van der Waals surface area contributed by atoms with Gasteiger partial charge in [-0.3, -0.25) is 9.69 Å². The molecule has 1 heterocycles.